The lowest BCUT2D eigenvalue weighted by molar-refractivity contribution is 0.0939. The number of nitrogens with one attached hydrogen (secondary N) is 2. The number of aromatic nitrogens is 3. The average Bonchev–Trinajstić information content (AvgIpc) is 2.76. The van der Waals surface area contributed by atoms with Gasteiger partial charge in [0.15, 0.2) is 11.5 Å². The summed E-state index contributed by atoms with van der Waals surface area (Å²) < 4.78 is 12.5. The van der Waals surface area contributed by atoms with Crippen molar-refractivity contribution in [3.8, 4) is 11.5 Å². The van der Waals surface area contributed by atoms with Crippen LogP contribution in [0.15, 0.2) is 40.1 Å². The molecule has 1 atom stereocenters. The Hall–Kier alpha value is -3.62. The Bertz CT molecular complexity index is 1250. The van der Waals surface area contributed by atoms with Crippen LogP contribution in [-0.2, 0) is 6.54 Å². The van der Waals surface area contributed by atoms with Gasteiger partial charge in [-0.3, -0.25) is 19.1 Å². The van der Waals surface area contributed by atoms with Crippen LogP contribution in [0, 0.1) is 0 Å². The highest BCUT2D eigenvalue weighted by Crippen LogP contribution is 2.31. The molecule has 1 unspecified atom stereocenters. The van der Waals surface area contributed by atoms with Crippen molar-refractivity contribution in [3.05, 3.63) is 62.4 Å². The number of benzene rings is 1. The third kappa shape index (κ3) is 4.82. The number of amides is 1. The SMILES string of the molecule is CCCn1c(=O)[nH]c(=O)c2cc(C(=O)NC(C)c3ccc(OC(C)C)c(OC)c3)cnc21. The number of methoxy groups -OCH3 is 1. The Balaban J connectivity index is 1.87. The summed E-state index contributed by atoms with van der Waals surface area (Å²) >= 11 is 0. The van der Waals surface area contributed by atoms with Gasteiger partial charge in [-0.1, -0.05) is 13.0 Å². The number of fused-ring (bicyclic) bond motifs is 1. The summed E-state index contributed by atoms with van der Waals surface area (Å²) in [6, 6.07) is 6.59. The summed E-state index contributed by atoms with van der Waals surface area (Å²) in [7, 11) is 1.56. The lowest BCUT2D eigenvalue weighted by atomic mass is 10.1. The number of ether oxygens (including phenoxy) is 2. The lowest BCUT2D eigenvalue weighted by Crippen LogP contribution is -2.31. The van der Waals surface area contributed by atoms with Gasteiger partial charge >= 0.3 is 5.69 Å². The number of rotatable bonds is 8. The quantitative estimate of drug-likeness (QED) is 0.557. The number of aryl methyl sites for hydroxylation is 1. The van der Waals surface area contributed by atoms with E-state index in [-0.39, 0.29) is 34.6 Å². The van der Waals surface area contributed by atoms with Crippen LogP contribution in [0.2, 0.25) is 0 Å². The third-order valence-corrected chi connectivity index (χ3v) is 4.94. The highest BCUT2D eigenvalue weighted by molar-refractivity contribution is 5.96. The highest BCUT2D eigenvalue weighted by Gasteiger charge is 2.17. The first-order valence-corrected chi connectivity index (χ1v) is 10.5. The summed E-state index contributed by atoms with van der Waals surface area (Å²) in [5, 5.41) is 3.09. The second-order valence-corrected chi connectivity index (χ2v) is 7.78. The number of pyridine rings is 1. The molecule has 0 aliphatic heterocycles. The Morgan fingerprint density at radius 2 is 1.94 bits per heavy atom. The van der Waals surface area contributed by atoms with Gasteiger partial charge in [0.1, 0.15) is 5.65 Å². The standard InChI is InChI=1S/C23H28N4O5/c1-6-9-27-20-17(22(29)26-23(27)30)10-16(12-24-20)21(28)25-14(4)15-7-8-18(32-13(2)3)19(11-15)31-5/h7-8,10-14H,6,9H2,1-5H3,(H,25,28)(H,26,29,30). The van der Waals surface area contributed by atoms with Crippen molar-refractivity contribution in [1.29, 1.82) is 0 Å². The van der Waals surface area contributed by atoms with Gasteiger partial charge < -0.3 is 14.8 Å². The van der Waals surface area contributed by atoms with Crippen molar-refractivity contribution in [1.82, 2.24) is 19.9 Å². The molecule has 0 spiro atoms. The number of H-pyrrole nitrogens is 1. The van der Waals surface area contributed by atoms with Crippen LogP contribution in [-0.4, -0.2) is 33.7 Å². The van der Waals surface area contributed by atoms with E-state index in [2.05, 4.69) is 15.3 Å². The molecule has 3 aromatic rings. The number of aromatic amines is 1. The molecule has 32 heavy (non-hydrogen) atoms. The van der Waals surface area contributed by atoms with Crippen LogP contribution in [0.1, 0.15) is 56.1 Å². The molecule has 0 saturated heterocycles. The first-order valence-electron chi connectivity index (χ1n) is 10.5. The van der Waals surface area contributed by atoms with Gasteiger partial charge in [0.05, 0.1) is 30.2 Å². The smallest absolute Gasteiger partial charge is 0.329 e. The number of carbonyl (C=O) groups excluding carboxylic acids is 1. The van der Waals surface area contributed by atoms with Crippen molar-refractivity contribution in [3.63, 3.8) is 0 Å². The maximum atomic E-state index is 12.8. The molecule has 0 aliphatic rings. The molecule has 2 N–H and O–H groups in total. The van der Waals surface area contributed by atoms with Crippen molar-refractivity contribution >= 4 is 16.9 Å². The zero-order chi connectivity index (χ0) is 23.4. The normalized spacial score (nSPS) is 12.1. The fourth-order valence-electron chi connectivity index (χ4n) is 3.39. The molecular formula is C23H28N4O5. The Labute approximate surface area is 185 Å². The molecule has 1 amide bonds. The minimum atomic E-state index is -0.571. The second kappa shape index (κ2) is 9.67. The van der Waals surface area contributed by atoms with Gasteiger partial charge in [0.25, 0.3) is 11.5 Å². The zero-order valence-corrected chi connectivity index (χ0v) is 18.9. The summed E-state index contributed by atoms with van der Waals surface area (Å²) in [5.74, 6) is 0.812. The molecule has 0 saturated carbocycles. The van der Waals surface area contributed by atoms with E-state index in [0.29, 0.717) is 24.5 Å². The average molecular weight is 441 g/mol. The van der Waals surface area contributed by atoms with Gasteiger partial charge in [0.2, 0.25) is 0 Å². The van der Waals surface area contributed by atoms with E-state index in [1.165, 1.54) is 16.8 Å². The van der Waals surface area contributed by atoms with Crippen LogP contribution < -0.4 is 26.0 Å². The molecule has 2 heterocycles. The molecule has 2 aromatic heterocycles. The second-order valence-electron chi connectivity index (χ2n) is 7.78. The fourth-order valence-corrected chi connectivity index (χ4v) is 3.39. The van der Waals surface area contributed by atoms with Gasteiger partial charge in [-0.25, -0.2) is 9.78 Å². The molecule has 170 valence electrons. The van der Waals surface area contributed by atoms with E-state index >= 15 is 0 Å². The van der Waals surface area contributed by atoms with Gasteiger partial charge in [-0.15, -0.1) is 0 Å². The van der Waals surface area contributed by atoms with E-state index in [9.17, 15) is 14.4 Å². The molecule has 0 bridgehead atoms. The largest absolute Gasteiger partial charge is 0.493 e. The molecule has 3 rings (SSSR count). The summed E-state index contributed by atoms with van der Waals surface area (Å²) in [6.45, 7) is 8.04. The fraction of sp³-hybridized carbons (Fsp3) is 0.391. The maximum Gasteiger partial charge on any atom is 0.329 e. The molecule has 9 nitrogen and oxygen atoms in total. The van der Waals surface area contributed by atoms with Crippen LogP contribution in [0.3, 0.4) is 0 Å². The van der Waals surface area contributed by atoms with Crippen LogP contribution in [0.4, 0.5) is 0 Å². The van der Waals surface area contributed by atoms with Crippen molar-refractivity contribution in [2.45, 2.75) is 52.8 Å². The summed E-state index contributed by atoms with van der Waals surface area (Å²) in [4.78, 5) is 43.7. The molecule has 0 radical (unpaired) electrons. The van der Waals surface area contributed by atoms with Gasteiger partial charge in [-0.2, -0.15) is 0 Å². The lowest BCUT2D eigenvalue weighted by Gasteiger charge is -2.18. The monoisotopic (exact) mass is 440 g/mol. The van der Waals surface area contributed by atoms with E-state index in [0.717, 1.165) is 5.56 Å². The number of carbonyl (C=O) groups is 1. The van der Waals surface area contributed by atoms with Crippen molar-refractivity contribution < 1.29 is 14.3 Å². The maximum absolute atomic E-state index is 12.8. The minimum Gasteiger partial charge on any atom is -0.493 e. The molecule has 1 aromatic carbocycles. The van der Waals surface area contributed by atoms with Gasteiger partial charge in [-0.05, 0) is 51.0 Å². The Kier molecular flexibility index (Phi) is 6.97. The number of hydrogen-bond acceptors (Lipinski definition) is 6. The molecule has 9 heteroatoms. The van der Waals surface area contributed by atoms with Crippen LogP contribution in [0.5, 0.6) is 11.5 Å². The van der Waals surface area contributed by atoms with E-state index in [4.69, 9.17) is 9.47 Å². The van der Waals surface area contributed by atoms with Crippen molar-refractivity contribution in [2.24, 2.45) is 0 Å². The topological polar surface area (TPSA) is 115 Å². The van der Waals surface area contributed by atoms with E-state index in [1.54, 1.807) is 13.2 Å². The Morgan fingerprint density at radius 1 is 1.19 bits per heavy atom. The number of nitrogens with zero attached hydrogens (tertiary/aromatic N) is 2. The number of hydrogen-bond donors (Lipinski definition) is 2. The zero-order valence-electron chi connectivity index (χ0n) is 18.9. The van der Waals surface area contributed by atoms with Crippen LogP contribution in [0.25, 0.3) is 11.0 Å². The minimum absolute atomic E-state index is 0.00382. The Morgan fingerprint density at radius 3 is 2.59 bits per heavy atom. The first kappa shape index (κ1) is 23.1. The highest BCUT2D eigenvalue weighted by atomic mass is 16.5. The molecular weight excluding hydrogens is 412 g/mol. The predicted octanol–water partition coefficient (Wildman–Crippen LogP) is 2.78. The summed E-state index contributed by atoms with van der Waals surface area (Å²) in [6.07, 6.45) is 2.08. The molecule has 0 fully saturated rings. The summed E-state index contributed by atoms with van der Waals surface area (Å²) in [5.41, 5.74) is 0.230. The first-order chi connectivity index (χ1) is 15.2. The third-order valence-electron chi connectivity index (χ3n) is 4.94. The predicted molar refractivity (Wildman–Crippen MR) is 122 cm³/mol. The van der Waals surface area contributed by atoms with E-state index in [1.807, 2.05) is 39.8 Å². The van der Waals surface area contributed by atoms with E-state index < -0.39 is 11.2 Å². The van der Waals surface area contributed by atoms with Crippen LogP contribution >= 0.6 is 0 Å². The van der Waals surface area contributed by atoms with Gasteiger partial charge in [0, 0.05) is 12.7 Å². The van der Waals surface area contributed by atoms with Crippen molar-refractivity contribution in [2.75, 3.05) is 7.11 Å². The molecule has 0 aliphatic carbocycles.